The molecule has 0 saturated heterocycles. The first kappa shape index (κ1) is 9.97. The Hall–Kier alpha value is -1.11. The van der Waals surface area contributed by atoms with Gasteiger partial charge in [0, 0.05) is 0 Å². The molecule has 0 spiro atoms. The SMILES string of the molecule is N=CCCCCCc1ccccc1. The van der Waals surface area contributed by atoms with Crippen LogP contribution in [-0.4, -0.2) is 6.21 Å². The minimum absolute atomic E-state index is 0.939. The Balaban J connectivity index is 2.10. The summed E-state index contributed by atoms with van der Waals surface area (Å²) in [5.74, 6) is 0. The summed E-state index contributed by atoms with van der Waals surface area (Å²) in [5, 5.41) is 6.88. The normalized spacial score (nSPS) is 9.85. The molecule has 0 amide bonds. The van der Waals surface area contributed by atoms with Gasteiger partial charge in [0.2, 0.25) is 0 Å². The summed E-state index contributed by atoms with van der Waals surface area (Å²) >= 11 is 0. The lowest BCUT2D eigenvalue weighted by atomic mass is 10.1. The number of unbranched alkanes of at least 4 members (excludes halogenated alkanes) is 3. The van der Waals surface area contributed by atoms with Crippen LogP contribution in [-0.2, 0) is 6.42 Å². The van der Waals surface area contributed by atoms with Gasteiger partial charge in [-0.05, 0) is 37.5 Å². The highest BCUT2D eigenvalue weighted by atomic mass is 14.3. The van der Waals surface area contributed by atoms with Crippen LogP contribution >= 0.6 is 0 Å². The van der Waals surface area contributed by atoms with Gasteiger partial charge < -0.3 is 5.41 Å². The molecule has 0 atom stereocenters. The lowest BCUT2D eigenvalue weighted by Crippen LogP contribution is -1.85. The zero-order valence-corrected chi connectivity index (χ0v) is 8.00. The number of aryl methyl sites for hydroxylation is 1. The highest BCUT2D eigenvalue weighted by Crippen LogP contribution is 2.06. The van der Waals surface area contributed by atoms with E-state index in [1.807, 2.05) is 0 Å². The van der Waals surface area contributed by atoms with Crippen molar-refractivity contribution in [2.45, 2.75) is 32.1 Å². The van der Waals surface area contributed by atoms with Gasteiger partial charge in [0.05, 0.1) is 0 Å². The van der Waals surface area contributed by atoms with E-state index in [2.05, 4.69) is 30.3 Å². The monoisotopic (exact) mass is 175 g/mol. The van der Waals surface area contributed by atoms with Crippen LogP contribution < -0.4 is 0 Å². The molecule has 0 aliphatic heterocycles. The van der Waals surface area contributed by atoms with Crippen LogP contribution in [0, 0.1) is 5.41 Å². The van der Waals surface area contributed by atoms with Gasteiger partial charge in [-0.25, -0.2) is 0 Å². The van der Waals surface area contributed by atoms with E-state index in [-0.39, 0.29) is 0 Å². The minimum Gasteiger partial charge on any atom is -0.313 e. The molecule has 0 aromatic heterocycles. The second-order valence-electron chi connectivity index (χ2n) is 3.29. The number of benzene rings is 1. The molecule has 1 aromatic rings. The van der Waals surface area contributed by atoms with E-state index in [1.165, 1.54) is 31.0 Å². The summed E-state index contributed by atoms with van der Waals surface area (Å²) in [6.07, 6.45) is 7.27. The molecule has 0 unspecified atom stereocenters. The highest BCUT2D eigenvalue weighted by molar-refractivity contribution is 5.52. The smallest absolute Gasteiger partial charge is 0.00477 e. The first-order chi connectivity index (χ1) is 6.43. The summed E-state index contributed by atoms with van der Waals surface area (Å²) in [7, 11) is 0. The predicted molar refractivity (Wildman–Crippen MR) is 57.4 cm³/mol. The second-order valence-corrected chi connectivity index (χ2v) is 3.29. The fourth-order valence-corrected chi connectivity index (χ4v) is 1.40. The second kappa shape index (κ2) is 6.41. The van der Waals surface area contributed by atoms with Crippen molar-refractivity contribution in [2.75, 3.05) is 0 Å². The highest BCUT2D eigenvalue weighted by Gasteiger charge is 1.91. The Kier molecular flexibility index (Phi) is 4.92. The topological polar surface area (TPSA) is 23.9 Å². The minimum atomic E-state index is 0.939. The molecule has 1 aromatic carbocycles. The molecular formula is C12H17N. The number of hydrogen-bond donors (Lipinski definition) is 1. The Morgan fingerprint density at radius 1 is 1.00 bits per heavy atom. The molecule has 1 rings (SSSR count). The van der Waals surface area contributed by atoms with E-state index in [1.54, 1.807) is 0 Å². The van der Waals surface area contributed by atoms with E-state index >= 15 is 0 Å². The average molecular weight is 175 g/mol. The van der Waals surface area contributed by atoms with Crippen LogP contribution in [0.25, 0.3) is 0 Å². The van der Waals surface area contributed by atoms with Crippen LogP contribution in [0.3, 0.4) is 0 Å². The summed E-state index contributed by atoms with van der Waals surface area (Å²) in [5.41, 5.74) is 1.43. The number of rotatable bonds is 6. The average Bonchev–Trinajstić information content (AvgIpc) is 2.19. The Bertz CT molecular complexity index is 228. The molecule has 0 aliphatic carbocycles. The molecule has 0 aliphatic rings. The van der Waals surface area contributed by atoms with E-state index in [9.17, 15) is 0 Å². The first-order valence-electron chi connectivity index (χ1n) is 4.96. The van der Waals surface area contributed by atoms with Crippen molar-refractivity contribution < 1.29 is 0 Å². The standard InChI is InChI=1S/C12H17N/c13-11-7-2-1-4-8-12-9-5-3-6-10-12/h3,5-6,9-11,13H,1-2,4,7-8H2. The lowest BCUT2D eigenvalue weighted by molar-refractivity contribution is 0.698. The Morgan fingerprint density at radius 2 is 1.77 bits per heavy atom. The first-order valence-corrected chi connectivity index (χ1v) is 4.96. The summed E-state index contributed by atoms with van der Waals surface area (Å²) < 4.78 is 0. The van der Waals surface area contributed by atoms with E-state index < -0.39 is 0 Å². The van der Waals surface area contributed by atoms with E-state index in [0.717, 1.165) is 12.8 Å². The fourth-order valence-electron chi connectivity index (χ4n) is 1.40. The fraction of sp³-hybridized carbons (Fsp3) is 0.417. The molecule has 0 heterocycles. The third-order valence-electron chi connectivity index (χ3n) is 2.16. The van der Waals surface area contributed by atoms with Gasteiger partial charge in [-0.1, -0.05) is 36.8 Å². The molecule has 0 bridgehead atoms. The van der Waals surface area contributed by atoms with Gasteiger partial charge in [0.15, 0.2) is 0 Å². The van der Waals surface area contributed by atoms with Gasteiger partial charge in [0.1, 0.15) is 0 Å². The van der Waals surface area contributed by atoms with Crippen LogP contribution in [0.4, 0.5) is 0 Å². The van der Waals surface area contributed by atoms with Crippen LogP contribution in [0.5, 0.6) is 0 Å². The van der Waals surface area contributed by atoms with Crippen LogP contribution in [0.2, 0.25) is 0 Å². The molecule has 0 fully saturated rings. The molecular weight excluding hydrogens is 158 g/mol. The Morgan fingerprint density at radius 3 is 2.46 bits per heavy atom. The summed E-state index contributed by atoms with van der Waals surface area (Å²) in [6.45, 7) is 0. The Labute approximate surface area is 80.3 Å². The lowest BCUT2D eigenvalue weighted by Gasteiger charge is -1.99. The molecule has 0 saturated carbocycles. The van der Waals surface area contributed by atoms with Crippen molar-refractivity contribution in [1.29, 1.82) is 5.41 Å². The van der Waals surface area contributed by atoms with Crippen LogP contribution in [0.15, 0.2) is 30.3 Å². The third kappa shape index (κ3) is 4.46. The van der Waals surface area contributed by atoms with Crippen molar-refractivity contribution in [3.8, 4) is 0 Å². The number of hydrogen-bond acceptors (Lipinski definition) is 1. The molecule has 13 heavy (non-hydrogen) atoms. The molecule has 1 N–H and O–H groups in total. The summed E-state index contributed by atoms with van der Waals surface area (Å²) in [6, 6.07) is 10.6. The maximum atomic E-state index is 6.88. The number of nitrogens with one attached hydrogen (secondary N) is 1. The molecule has 1 heteroatoms. The zero-order valence-electron chi connectivity index (χ0n) is 8.00. The van der Waals surface area contributed by atoms with Gasteiger partial charge in [-0.15, -0.1) is 0 Å². The maximum absolute atomic E-state index is 6.88. The molecule has 0 radical (unpaired) electrons. The largest absolute Gasteiger partial charge is 0.313 e. The van der Waals surface area contributed by atoms with Crippen LogP contribution in [0.1, 0.15) is 31.2 Å². The van der Waals surface area contributed by atoms with Gasteiger partial charge in [0.25, 0.3) is 0 Å². The van der Waals surface area contributed by atoms with Crippen molar-refractivity contribution >= 4 is 6.21 Å². The quantitative estimate of drug-likeness (QED) is 0.506. The maximum Gasteiger partial charge on any atom is -0.00477 e. The van der Waals surface area contributed by atoms with Crippen molar-refractivity contribution in [2.24, 2.45) is 0 Å². The van der Waals surface area contributed by atoms with Crippen molar-refractivity contribution in [3.05, 3.63) is 35.9 Å². The van der Waals surface area contributed by atoms with E-state index in [0.29, 0.717) is 0 Å². The van der Waals surface area contributed by atoms with Gasteiger partial charge in [-0.3, -0.25) is 0 Å². The third-order valence-corrected chi connectivity index (χ3v) is 2.16. The van der Waals surface area contributed by atoms with Crippen molar-refractivity contribution in [3.63, 3.8) is 0 Å². The zero-order chi connectivity index (χ0) is 9.36. The van der Waals surface area contributed by atoms with E-state index in [4.69, 9.17) is 5.41 Å². The van der Waals surface area contributed by atoms with Gasteiger partial charge >= 0.3 is 0 Å². The summed E-state index contributed by atoms with van der Waals surface area (Å²) in [4.78, 5) is 0. The van der Waals surface area contributed by atoms with Gasteiger partial charge in [-0.2, -0.15) is 0 Å². The molecule has 70 valence electrons. The predicted octanol–water partition coefficient (Wildman–Crippen LogP) is 3.44. The van der Waals surface area contributed by atoms with Crippen molar-refractivity contribution in [1.82, 2.24) is 0 Å². The molecule has 1 nitrogen and oxygen atoms in total.